The van der Waals surface area contributed by atoms with Crippen LogP contribution in [0.25, 0.3) is 0 Å². The quantitative estimate of drug-likeness (QED) is 0.332. The van der Waals surface area contributed by atoms with Crippen LogP contribution in [0.1, 0.15) is 68.9 Å². The monoisotopic (exact) mass is 556 g/mol. The number of nitrogens with zero attached hydrogens (tertiary/aromatic N) is 2. The molecule has 2 heterocycles. The summed E-state index contributed by atoms with van der Waals surface area (Å²) in [6.45, 7) is 4.47. The van der Waals surface area contributed by atoms with E-state index in [0.717, 1.165) is 76.9 Å². The molecular weight excluding hydrogens is 516 g/mol. The van der Waals surface area contributed by atoms with E-state index in [0.29, 0.717) is 5.56 Å². The molecule has 0 unspecified atom stereocenters. The normalized spacial score (nSPS) is 17.7. The van der Waals surface area contributed by atoms with Gasteiger partial charge >= 0.3 is 13.2 Å². The topological polar surface area (TPSA) is 65.4 Å². The smallest absolute Gasteiger partial charge is 0.387 e. The molecule has 218 valence electrons. The van der Waals surface area contributed by atoms with Crippen LogP contribution in [0, 0.1) is 0 Å². The fourth-order valence-corrected chi connectivity index (χ4v) is 5.46. The zero-order valence-corrected chi connectivity index (χ0v) is 22.7. The zero-order valence-electron chi connectivity index (χ0n) is 22.7. The second kappa shape index (κ2) is 15.2. The molecule has 4 rings (SSSR count). The highest BCUT2D eigenvalue weighted by Gasteiger charge is 2.25. The Morgan fingerprint density at radius 2 is 1.13 bits per heavy atom. The standard InChI is InChI=1S/C15H21F2NO2.C14H19F2NO2/c1-2-8-18-9-6-11(7-10-18)12-4-3-5-13(14(12)19)20-15(16)17;1-2-17-8-6-10(7-9-17)11-4-3-5-12(13(11)18)19-14(15)16/h3-5,11,15,19H,2,6-10H2,1H3;3-5,10,14,18H,2,6-9H2,1H3. The maximum atomic E-state index is 12.3. The van der Waals surface area contributed by atoms with E-state index < -0.39 is 13.2 Å². The molecule has 0 aliphatic carbocycles. The van der Waals surface area contributed by atoms with Gasteiger partial charge < -0.3 is 29.5 Å². The predicted molar refractivity (Wildman–Crippen MR) is 142 cm³/mol. The van der Waals surface area contributed by atoms with Crippen molar-refractivity contribution in [1.82, 2.24) is 9.80 Å². The Balaban J connectivity index is 0.000000216. The number of benzene rings is 2. The summed E-state index contributed by atoms with van der Waals surface area (Å²) in [6, 6.07) is 9.64. The number of ether oxygens (including phenoxy) is 2. The second-order valence-electron chi connectivity index (χ2n) is 9.97. The Labute approximate surface area is 228 Å². The van der Waals surface area contributed by atoms with Gasteiger partial charge in [0.1, 0.15) is 0 Å². The number of likely N-dealkylation sites (tertiary alicyclic amines) is 2. The van der Waals surface area contributed by atoms with Crippen molar-refractivity contribution >= 4 is 0 Å². The molecule has 10 heteroatoms. The Hall–Kier alpha value is -2.72. The maximum Gasteiger partial charge on any atom is 0.387 e. The number of phenolic OH excluding ortho intramolecular Hbond substituents is 2. The molecule has 2 N–H and O–H groups in total. The summed E-state index contributed by atoms with van der Waals surface area (Å²) in [7, 11) is 0. The third-order valence-corrected chi connectivity index (χ3v) is 7.53. The number of halogens is 4. The van der Waals surface area contributed by atoms with Gasteiger partial charge in [0.2, 0.25) is 0 Å². The summed E-state index contributed by atoms with van der Waals surface area (Å²) in [4.78, 5) is 4.74. The number of piperidine rings is 2. The Kier molecular flexibility index (Phi) is 12.0. The first-order valence-electron chi connectivity index (χ1n) is 13.7. The molecule has 0 atom stereocenters. The Morgan fingerprint density at radius 3 is 1.49 bits per heavy atom. The van der Waals surface area contributed by atoms with Crippen molar-refractivity contribution in [3.8, 4) is 23.0 Å². The lowest BCUT2D eigenvalue weighted by atomic mass is 9.88. The van der Waals surface area contributed by atoms with E-state index >= 15 is 0 Å². The number of rotatable bonds is 9. The largest absolute Gasteiger partial charge is 0.504 e. The molecule has 0 bridgehead atoms. The molecule has 2 fully saturated rings. The van der Waals surface area contributed by atoms with Gasteiger partial charge in [0.25, 0.3) is 0 Å². The van der Waals surface area contributed by atoms with Gasteiger partial charge in [0.05, 0.1) is 0 Å². The summed E-state index contributed by atoms with van der Waals surface area (Å²) < 4.78 is 57.7. The summed E-state index contributed by atoms with van der Waals surface area (Å²) in [5.41, 5.74) is 1.44. The van der Waals surface area contributed by atoms with Crippen molar-refractivity contribution in [1.29, 1.82) is 0 Å². The van der Waals surface area contributed by atoms with Gasteiger partial charge in [-0.2, -0.15) is 17.6 Å². The predicted octanol–water partition coefficient (Wildman–Crippen LogP) is 6.78. The van der Waals surface area contributed by atoms with Crippen molar-refractivity contribution in [2.24, 2.45) is 0 Å². The number of aromatic hydroxyl groups is 2. The summed E-state index contributed by atoms with van der Waals surface area (Å²) in [5, 5.41) is 20.1. The SMILES string of the molecule is CCCN1CCC(c2cccc(OC(F)F)c2O)CC1.CCN1CCC(c2cccc(OC(F)F)c2O)CC1. The van der Waals surface area contributed by atoms with Gasteiger partial charge in [-0.05, 0) is 95.3 Å². The van der Waals surface area contributed by atoms with E-state index in [4.69, 9.17) is 0 Å². The highest BCUT2D eigenvalue weighted by molar-refractivity contribution is 5.48. The van der Waals surface area contributed by atoms with Gasteiger partial charge in [-0.15, -0.1) is 0 Å². The molecule has 2 aliphatic heterocycles. The maximum absolute atomic E-state index is 12.3. The summed E-state index contributed by atoms with van der Waals surface area (Å²) >= 11 is 0. The van der Waals surface area contributed by atoms with Crippen LogP contribution in [0.2, 0.25) is 0 Å². The molecule has 2 saturated heterocycles. The molecule has 0 radical (unpaired) electrons. The molecule has 6 nitrogen and oxygen atoms in total. The zero-order chi connectivity index (χ0) is 28.4. The number of phenols is 2. The van der Waals surface area contributed by atoms with E-state index in [-0.39, 0.29) is 34.8 Å². The lowest BCUT2D eigenvalue weighted by Crippen LogP contribution is -2.33. The van der Waals surface area contributed by atoms with E-state index in [2.05, 4.69) is 33.1 Å². The summed E-state index contributed by atoms with van der Waals surface area (Å²) in [6.07, 6.45) is 4.87. The summed E-state index contributed by atoms with van der Waals surface area (Å²) in [5.74, 6) is -0.119. The Bertz CT molecular complexity index is 1010. The average molecular weight is 557 g/mol. The second-order valence-corrected chi connectivity index (χ2v) is 9.97. The molecule has 2 aromatic carbocycles. The van der Waals surface area contributed by atoms with Crippen LogP contribution in [0.5, 0.6) is 23.0 Å². The van der Waals surface area contributed by atoms with Crippen LogP contribution in [0.4, 0.5) is 17.6 Å². The molecule has 0 saturated carbocycles. The molecular formula is C29H40F4N2O4. The van der Waals surface area contributed by atoms with Crippen LogP contribution in [-0.2, 0) is 0 Å². The van der Waals surface area contributed by atoms with Crippen molar-refractivity contribution < 1.29 is 37.2 Å². The van der Waals surface area contributed by atoms with Gasteiger partial charge in [-0.25, -0.2) is 0 Å². The number of hydrogen-bond donors (Lipinski definition) is 2. The van der Waals surface area contributed by atoms with Crippen LogP contribution in [-0.4, -0.2) is 72.5 Å². The highest BCUT2D eigenvalue weighted by atomic mass is 19.3. The minimum Gasteiger partial charge on any atom is -0.504 e. The minimum atomic E-state index is -2.91. The molecule has 2 aliphatic rings. The fraction of sp³-hybridized carbons (Fsp3) is 0.586. The third kappa shape index (κ3) is 8.89. The molecule has 2 aromatic rings. The number of hydrogen-bond acceptors (Lipinski definition) is 6. The van der Waals surface area contributed by atoms with Crippen LogP contribution in [0.15, 0.2) is 36.4 Å². The Morgan fingerprint density at radius 1 is 0.718 bits per heavy atom. The molecule has 0 aromatic heterocycles. The van der Waals surface area contributed by atoms with E-state index in [1.54, 1.807) is 24.3 Å². The van der Waals surface area contributed by atoms with Crippen molar-refractivity contribution in [2.75, 3.05) is 39.3 Å². The molecule has 0 amide bonds. The lowest BCUT2D eigenvalue weighted by Gasteiger charge is -2.32. The fourth-order valence-electron chi connectivity index (χ4n) is 5.46. The lowest BCUT2D eigenvalue weighted by molar-refractivity contribution is -0.0519. The van der Waals surface area contributed by atoms with Crippen molar-refractivity contribution in [2.45, 2.75) is 71.0 Å². The molecule has 39 heavy (non-hydrogen) atoms. The van der Waals surface area contributed by atoms with Crippen LogP contribution in [0.3, 0.4) is 0 Å². The van der Waals surface area contributed by atoms with E-state index in [9.17, 15) is 27.8 Å². The van der Waals surface area contributed by atoms with Crippen molar-refractivity contribution in [3.05, 3.63) is 47.5 Å². The van der Waals surface area contributed by atoms with Gasteiger partial charge in [-0.3, -0.25) is 0 Å². The van der Waals surface area contributed by atoms with Crippen LogP contribution >= 0.6 is 0 Å². The number of alkyl halides is 4. The highest BCUT2D eigenvalue weighted by Crippen LogP contribution is 2.40. The van der Waals surface area contributed by atoms with E-state index in [1.165, 1.54) is 12.1 Å². The van der Waals surface area contributed by atoms with Gasteiger partial charge in [-0.1, -0.05) is 38.1 Å². The first kappa shape index (κ1) is 30.8. The van der Waals surface area contributed by atoms with Gasteiger partial charge in [0.15, 0.2) is 23.0 Å². The first-order chi connectivity index (χ1) is 18.7. The molecule has 0 spiro atoms. The van der Waals surface area contributed by atoms with Crippen LogP contribution < -0.4 is 9.47 Å². The average Bonchev–Trinajstić information content (AvgIpc) is 2.92. The minimum absolute atomic E-state index is 0.131. The van der Waals surface area contributed by atoms with Crippen molar-refractivity contribution in [3.63, 3.8) is 0 Å². The number of para-hydroxylation sites is 2. The first-order valence-corrected chi connectivity index (χ1v) is 13.7. The third-order valence-electron chi connectivity index (χ3n) is 7.53. The van der Waals surface area contributed by atoms with Gasteiger partial charge in [0, 0.05) is 11.1 Å². The van der Waals surface area contributed by atoms with E-state index in [1.807, 2.05) is 0 Å².